The van der Waals surface area contributed by atoms with Gasteiger partial charge in [-0.3, -0.25) is 4.79 Å². The zero-order valence-electron chi connectivity index (χ0n) is 8.94. The summed E-state index contributed by atoms with van der Waals surface area (Å²) in [5, 5.41) is 9.07. The van der Waals surface area contributed by atoms with Crippen LogP contribution in [0.2, 0.25) is 0 Å². The number of hydrogen-bond acceptors (Lipinski definition) is 2. The second-order valence-corrected chi connectivity index (χ2v) is 3.44. The molecule has 0 aliphatic heterocycles. The third-order valence-electron chi connectivity index (χ3n) is 2.14. The number of ketones is 1. The van der Waals surface area contributed by atoms with E-state index in [0.717, 1.165) is 18.4 Å². The molecule has 0 aliphatic carbocycles. The number of phenols is 1. The molecule has 80 valence electrons. The van der Waals surface area contributed by atoms with Gasteiger partial charge in [-0.25, -0.2) is 0 Å². The van der Waals surface area contributed by atoms with Gasteiger partial charge in [-0.1, -0.05) is 25.1 Å². The Labute approximate surface area is 90.3 Å². The van der Waals surface area contributed by atoms with Crippen LogP contribution in [0.25, 0.3) is 0 Å². The average molecular weight is 204 g/mol. The van der Waals surface area contributed by atoms with Crippen molar-refractivity contribution < 1.29 is 9.90 Å². The topological polar surface area (TPSA) is 37.3 Å². The van der Waals surface area contributed by atoms with Crippen LogP contribution in [0.3, 0.4) is 0 Å². The van der Waals surface area contributed by atoms with Crippen LogP contribution in [-0.2, 0) is 11.2 Å². The molecule has 0 bridgehead atoms. The first-order valence-corrected chi connectivity index (χ1v) is 5.19. The molecule has 0 aliphatic rings. The highest BCUT2D eigenvalue weighted by molar-refractivity contribution is 5.89. The van der Waals surface area contributed by atoms with Crippen molar-refractivity contribution >= 4 is 5.78 Å². The minimum atomic E-state index is 0.157. The summed E-state index contributed by atoms with van der Waals surface area (Å²) in [6.07, 6.45) is 5.67. The molecule has 1 aromatic rings. The lowest BCUT2D eigenvalue weighted by atomic mass is 10.1. The summed E-state index contributed by atoms with van der Waals surface area (Å²) in [4.78, 5) is 11.3. The molecule has 0 fully saturated rings. The van der Waals surface area contributed by atoms with E-state index in [1.165, 1.54) is 0 Å². The second kappa shape index (κ2) is 6.02. The highest BCUT2D eigenvalue weighted by Crippen LogP contribution is 2.11. The van der Waals surface area contributed by atoms with Crippen molar-refractivity contribution in [2.75, 3.05) is 0 Å². The molecule has 0 aromatic heterocycles. The van der Waals surface area contributed by atoms with Gasteiger partial charge in [0, 0.05) is 6.42 Å². The van der Waals surface area contributed by atoms with E-state index in [1.807, 2.05) is 25.1 Å². The Kier molecular flexibility index (Phi) is 4.61. The number of hydrogen-bond donors (Lipinski definition) is 1. The fourth-order valence-electron chi connectivity index (χ4n) is 1.26. The number of rotatable bonds is 5. The summed E-state index contributed by atoms with van der Waals surface area (Å²) < 4.78 is 0. The van der Waals surface area contributed by atoms with Crippen molar-refractivity contribution in [1.29, 1.82) is 0 Å². The van der Waals surface area contributed by atoms with Gasteiger partial charge in [0.1, 0.15) is 5.75 Å². The average Bonchev–Trinajstić information content (AvgIpc) is 2.25. The normalized spacial score (nSPS) is 10.7. The van der Waals surface area contributed by atoms with E-state index in [1.54, 1.807) is 18.2 Å². The van der Waals surface area contributed by atoms with E-state index in [4.69, 9.17) is 5.11 Å². The lowest BCUT2D eigenvalue weighted by Gasteiger charge is -1.99. The molecule has 15 heavy (non-hydrogen) atoms. The van der Waals surface area contributed by atoms with Crippen LogP contribution in [-0.4, -0.2) is 10.9 Å². The van der Waals surface area contributed by atoms with Crippen molar-refractivity contribution in [3.05, 3.63) is 42.0 Å². The summed E-state index contributed by atoms with van der Waals surface area (Å²) in [5.74, 6) is 0.417. The predicted molar refractivity (Wildman–Crippen MR) is 60.9 cm³/mol. The molecule has 0 saturated heterocycles. The number of allylic oxidation sites excluding steroid dienone is 2. The van der Waals surface area contributed by atoms with Crippen LogP contribution in [0, 0.1) is 0 Å². The number of carbonyl (C=O) groups is 1. The lowest BCUT2D eigenvalue weighted by molar-refractivity contribution is -0.114. The summed E-state index contributed by atoms with van der Waals surface area (Å²) in [5.41, 5.74) is 1.08. The van der Waals surface area contributed by atoms with Gasteiger partial charge in [0.05, 0.1) is 0 Å². The molecule has 0 spiro atoms. The Morgan fingerprint density at radius 3 is 2.60 bits per heavy atom. The maximum Gasteiger partial charge on any atom is 0.155 e. The first-order chi connectivity index (χ1) is 7.22. The van der Waals surface area contributed by atoms with Gasteiger partial charge < -0.3 is 5.11 Å². The van der Waals surface area contributed by atoms with Gasteiger partial charge in [-0.05, 0) is 36.6 Å². The van der Waals surface area contributed by atoms with Gasteiger partial charge >= 0.3 is 0 Å². The smallest absolute Gasteiger partial charge is 0.155 e. The van der Waals surface area contributed by atoms with Gasteiger partial charge in [-0.15, -0.1) is 0 Å². The van der Waals surface area contributed by atoms with Crippen molar-refractivity contribution in [1.82, 2.24) is 0 Å². The quantitative estimate of drug-likeness (QED) is 0.749. The minimum absolute atomic E-state index is 0.157. The fourth-order valence-corrected chi connectivity index (χ4v) is 1.26. The molecule has 0 atom stereocenters. The highest BCUT2D eigenvalue weighted by atomic mass is 16.3. The second-order valence-electron chi connectivity index (χ2n) is 3.44. The van der Waals surface area contributed by atoms with Crippen LogP contribution in [0.4, 0.5) is 0 Å². The number of aryl methyl sites for hydroxylation is 1. The fraction of sp³-hybridized carbons (Fsp3) is 0.308. The van der Waals surface area contributed by atoms with E-state index < -0.39 is 0 Å². The molecule has 0 heterocycles. The molecule has 1 aromatic carbocycles. The predicted octanol–water partition coefficient (Wildman–Crippen LogP) is 2.86. The summed E-state index contributed by atoms with van der Waals surface area (Å²) >= 11 is 0. The number of benzene rings is 1. The van der Waals surface area contributed by atoms with Gasteiger partial charge in [0.2, 0.25) is 0 Å². The van der Waals surface area contributed by atoms with Gasteiger partial charge in [0.15, 0.2) is 5.78 Å². The van der Waals surface area contributed by atoms with Crippen LogP contribution < -0.4 is 0 Å². The summed E-state index contributed by atoms with van der Waals surface area (Å²) in [6.45, 7) is 2.00. The van der Waals surface area contributed by atoms with Gasteiger partial charge in [-0.2, -0.15) is 0 Å². The zero-order chi connectivity index (χ0) is 11.1. The minimum Gasteiger partial charge on any atom is -0.508 e. The van der Waals surface area contributed by atoms with Crippen LogP contribution >= 0.6 is 0 Å². The zero-order valence-corrected chi connectivity index (χ0v) is 8.94. The third kappa shape index (κ3) is 4.45. The van der Waals surface area contributed by atoms with E-state index in [2.05, 4.69) is 0 Å². The number of carbonyl (C=O) groups excluding carboxylic acids is 1. The summed E-state index contributed by atoms with van der Waals surface area (Å²) in [6, 6.07) is 6.96. The van der Waals surface area contributed by atoms with E-state index in [9.17, 15) is 4.79 Å². The molecule has 1 rings (SSSR count). The molecule has 0 saturated carbocycles. The molecule has 1 N–H and O–H groups in total. The SMILES string of the molecule is CCC=CC(=O)CCc1ccc(O)cc1. The Bertz CT molecular complexity index is 336. The molecule has 2 nitrogen and oxygen atoms in total. The first kappa shape index (κ1) is 11.5. The Hall–Kier alpha value is -1.57. The molecule has 0 amide bonds. The molecule has 2 heteroatoms. The van der Waals surface area contributed by atoms with Crippen molar-refractivity contribution in [3.63, 3.8) is 0 Å². The number of phenolic OH excluding ortho intramolecular Hbond substituents is 1. The molecular formula is C13H16O2. The van der Waals surface area contributed by atoms with E-state index in [0.29, 0.717) is 6.42 Å². The van der Waals surface area contributed by atoms with Crippen LogP contribution in [0.5, 0.6) is 5.75 Å². The molecule has 0 radical (unpaired) electrons. The van der Waals surface area contributed by atoms with Crippen LogP contribution in [0.15, 0.2) is 36.4 Å². The Morgan fingerprint density at radius 2 is 2.00 bits per heavy atom. The van der Waals surface area contributed by atoms with Crippen molar-refractivity contribution in [3.8, 4) is 5.75 Å². The summed E-state index contributed by atoms with van der Waals surface area (Å²) in [7, 11) is 0. The van der Waals surface area contributed by atoms with E-state index in [-0.39, 0.29) is 11.5 Å². The molecular weight excluding hydrogens is 188 g/mol. The Balaban J connectivity index is 2.40. The Morgan fingerprint density at radius 1 is 1.33 bits per heavy atom. The molecule has 0 unspecified atom stereocenters. The maximum atomic E-state index is 11.3. The third-order valence-corrected chi connectivity index (χ3v) is 2.14. The van der Waals surface area contributed by atoms with Gasteiger partial charge in [0.25, 0.3) is 0 Å². The first-order valence-electron chi connectivity index (χ1n) is 5.19. The highest BCUT2D eigenvalue weighted by Gasteiger charge is 1.98. The van der Waals surface area contributed by atoms with Crippen LogP contribution in [0.1, 0.15) is 25.3 Å². The van der Waals surface area contributed by atoms with Crippen molar-refractivity contribution in [2.45, 2.75) is 26.2 Å². The monoisotopic (exact) mass is 204 g/mol. The maximum absolute atomic E-state index is 11.3. The largest absolute Gasteiger partial charge is 0.508 e. The number of aromatic hydroxyl groups is 1. The van der Waals surface area contributed by atoms with E-state index >= 15 is 0 Å². The van der Waals surface area contributed by atoms with Crippen molar-refractivity contribution in [2.24, 2.45) is 0 Å². The standard InChI is InChI=1S/C13H16O2/c1-2-3-4-12(14)8-5-11-6-9-13(15)10-7-11/h3-4,6-7,9-10,15H,2,5,8H2,1H3. The lowest BCUT2D eigenvalue weighted by Crippen LogP contribution is -1.95.